The van der Waals surface area contributed by atoms with Gasteiger partial charge in [-0.3, -0.25) is 4.90 Å². The lowest BCUT2D eigenvalue weighted by atomic mass is 10.2. The Bertz CT molecular complexity index is 784. The molecule has 1 aromatic heterocycles. The van der Waals surface area contributed by atoms with Crippen LogP contribution in [0.1, 0.15) is 12.8 Å². The average molecular weight is 379 g/mol. The van der Waals surface area contributed by atoms with Crippen LogP contribution in [-0.2, 0) is 0 Å². The van der Waals surface area contributed by atoms with Crippen molar-refractivity contribution in [3.63, 3.8) is 0 Å². The standard InChI is InChI=1S/C18H20F3N5O/c19-18(20,21)11-26-13-3-4-14(26)10-25(9-13)17-22-8-7-16(24-17)23-12-1-5-15(27)6-2-12/h1-2,5-8,13-14,27H,3-4,9-11H2,(H,22,23,24). The third-order valence-electron chi connectivity index (χ3n) is 5.06. The summed E-state index contributed by atoms with van der Waals surface area (Å²) in [6, 6.07) is 8.08. The fourth-order valence-corrected chi connectivity index (χ4v) is 3.88. The van der Waals surface area contributed by atoms with Crippen LogP contribution < -0.4 is 10.2 Å². The van der Waals surface area contributed by atoms with Crippen LogP contribution in [0.5, 0.6) is 5.75 Å². The van der Waals surface area contributed by atoms with E-state index in [-0.39, 0.29) is 17.8 Å². The zero-order valence-corrected chi connectivity index (χ0v) is 14.5. The fraction of sp³-hybridized carbons (Fsp3) is 0.444. The SMILES string of the molecule is Oc1ccc(Nc2ccnc(N3CC4CCC(C3)N4CC(F)(F)F)n2)cc1. The Kier molecular flexibility index (Phi) is 4.55. The van der Waals surface area contributed by atoms with Crippen LogP contribution >= 0.6 is 0 Å². The maximum atomic E-state index is 12.8. The molecule has 0 saturated carbocycles. The molecule has 0 radical (unpaired) electrons. The molecule has 2 bridgehead atoms. The van der Waals surface area contributed by atoms with E-state index in [4.69, 9.17) is 0 Å². The molecule has 9 heteroatoms. The van der Waals surface area contributed by atoms with Crippen molar-refractivity contribution < 1.29 is 18.3 Å². The van der Waals surface area contributed by atoms with Crippen molar-refractivity contribution in [2.75, 3.05) is 29.9 Å². The molecule has 2 aliphatic rings. The molecule has 2 fully saturated rings. The largest absolute Gasteiger partial charge is 0.508 e. The number of hydrogen-bond acceptors (Lipinski definition) is 6. The quantitative estimate of drug-likeness (QED) is 0.796. The Morgan fingerprint density at radius 3 is 2.37 bits per heavy atom. The van der Waals surface area contributed by atoms with Gasteiger partial charge in [-0.25, -0.2) is 4.98 Å². The molecule has 0 spiro atoms. The molecule has 2 N–H and O–H groups in total. The molecule has 2 aliphatic heterocycles. The minimum absolute atomic E-state index is 0.123. The predicted molar refractivity (Wildman–Crippen MR) is 95.2 cm³/mol. The van der Waals surface area contributed by atoms with Crippen molar-refractivity contribution >= 4 is 17.5 Å². The summed E-state index contributed by atoms with van der Waals surface area (Å²) >= 11 is 0. The monoisotopic (exact) mass is 379 g/mol. The maximum Gasteiger partial charge on any atom is 0.401 e. The second-order valence-electron chi connectivity index (χ2n) is 6.99. The van der Waals surface area contributed by atoms with E-state index >= 15 is 0 Å². The molecular weight excluding hydrogens is 359 g/mol. The number of phenolic OH excluding ortho intramolecular Hbond substituents is 1. The minimum Gasteiger partial charge on any atom is -0.508 e. The highest BCUT2D eigenvalue weighted by Gasteiger charge is 2.45. The van der Waals surface area contributed by atoms with Crippen LogP contribution in [-0.4, -0.2) is 57.9 Å². The normalized spacial score (nSPS) is 22.9. The van der Waals surface area contributed by atoms with Gasteiger partial charge in [0.15, 0.2) is 0 Å². The van der Waals surface area contributed by atoms with Gasteiger partial charge in [0, 0.05) is 37.1 Å². The summed E-state index contributed by atoms with van der Waals surface area (Å²) in [5.74, 6) is 1.29. The van der Waals surface area contributed by atoms with Crippen molar-refractivity contribution in [2.45, 2.75) is 31.1 Å². The number of phenols is 1. The van der Waals surface area contributed by atoms with Crippen molar-refractivity contribution in [2.24, 2.45) is 0 Å². The number of hydrogen-bond donors (Lipinski definition) is 2. The lowest BCUT2D eigenvalue weighted by Crippen LogP contribution is -2.56. The number of rotatable bonds is 4. The third-order valence-corrected chi connectivity index (χ3v) is 5.06. The smallest absolute Gasteiger partial charge is 0.401 e. The molecule has 2 atom stereocenters. The summed E-state index contributed by atoms with van der Waals surface area (Å²) < 4.78 is 38.4. The first-order valence-corrected chi connectivity index (χ1v) is 8.84. The van der Waals surface area contributed by atoms with Gasteiger partial charge in [0.05, 0.1) is 6.54 Å². The Hall–Kier alpha value is -2.55. The van der Waals surface area contributed by atoms with E-state index in [0.717, 1.165) is 18.5 Å². The number of anilines is 3. The summed E-state index contributed by atoms with van der Waals surface area (Å²) in [6.45, 7) is 0.143. The first-order valence-electron chi connectivity index (χ1n) is 8.84. The van der Waals surface area contributed by atoms with E-state index in [1.807, 2.05) is 4.90 Å². The third kappa shape index (κ3) is 4.08. The Balaban J connectivity index is 1.46. The highest BCUT2D eigenvalue weighted by molar-refractivity contribution is 5.58. The van der Waals surface area contributed by atoms with Gasteiger partial charge in [-0.1, -0.05) is 0 Å². The van der Waals surface area contributed by atoms with Crippen LogP contribution in [0.2, 0.25) is 0 Å². The van der Waals surface area contributed by atoms with Gasteiger partial charge < -0.3 is 15.3 Å². The Morgan fingerprint density at radius 2 is 1.74 bits per heavy atom. The average Bonchev–Trinajstić information content (AvgIpc) is 2.84. The molecule has 0 aliphatic carbocycles. The van der Waals surface area contributed by atoms with Gasteiger partial charge >= 0.3 is 6.18 Å². The molecule has 0 amide bonds. The molecule has 2 unspecified atom stereocenters. The van der Waals surface area contributed by atoms with Crippen LogP contribution in [0.15, 0.2) is 36.5 Å². The Labute approximate surface area is 154 Å². The van der Waals surface area contributed by atoms with E-state index < -0.39 is 12.7 Å². The van der Waals surface area contributed by atoms with Gasteiger partial charge in [0.1, 0.15) is 11.6 Å². The molecular formula is C18H20F3N5O. The first-order chi connectivity index (χ1) is 12.9. The number of aromatic hydroxyl groups is 1. The van der Waals surface area contributed by atoms with E-state index in [1.54, 1.807) is 41.4 Å². The van der Waals surface area contributed by atoms with Crippen molar-refractivity contribution in [3.05, 3.63) is 36.5 Å². The number of aromatic nitrogens is 2. The minimum atomic E-state index is -4.17. The predicted octanol–water partition coefficient (Wildman–Crippen LogP) is 3.14. The van der Waals surface area contributed by atoms with Gasteiger partial charge in [0.2, 0.25) is 5.95 Å². The highest BCUT2D eigenvalue weighted by Crippen LogP contribution is 2.34. The van der Waals surface area contributed by atoms with Gasteiger partial charge in [-0.05, 0) is 43.2 Å². The van der Waals surface area contributed by atoms with Crippen LogP contribution in [0.4, 0.5) is 30.6 Å². The van der Waals surface area contributed by atoms with E-state index in [2.05, 4.69) is 15.3 Å². The lowest BCUT2D eigenvalue weighted by Gasteiger charge is -2.41. The summed E-state index contributed by atoms with van der Waals surface area (Å²) in [5, 5.41) is 12.5. The highest BCUT2D eigenvalue weighted by atomic mass is 19.4. The summed E-state index contributed by atoms with van der Waals surface area (Å²) in [5.41, 5.74) is 0.771. The van der Waals surface area contributed by atoms with E-state index in [1.165, 1.54) is 0 Å². The van der Waals surface area contributed by atoms with Crippen LogP contribution in [0, 0.1) is 0 Å². The van der Waals surface area contributed by atoms with Gasteiger partial charge in [0.25, 0.3) is 0 Å². The number of halogens is 3. The second-order valence-corrected chi connectivity index (χ2v) is 6.99. The molecule has 1 aromatic carbocycles. The second kappa shape index (κ2) is 6.88. The number of fused-ring (bicyclic) bond motifs is 2. The number of benzene rings is 1. The van der Waals surface area contributed by atoms with Gasteiger partial charge in [-0.2, -0.15) is 18.2 Å². The molecule has 6 nitrogen and oxygen atoms in total. The molecule has 3 heterocycles. The molecule has 27 heavy (non-hydrogen) atoms. The summed E-state index contributed by atoms with van der Waals surface area (Å²) in [4.78, 5) is 12.4. The lowest BCUT2D eigenvalue weighted by molar-refractivity contribution is -0.153. The molecule has 4 rings (SSSR count). The van der Waals surface area contributed by atoms with Crippen molar-refractivity contribution in [1.82, 2.24) is 14.9 Å². The Morgan fingerprint density at radius 1 is 1.07 bits per heavy atom. The number of nitrogens with one attached hydrogen (secondary N) is 1. The van der Waals surface area contributed by atoms with Gasteiger partial charge in [-0.15, -0.1) is 0 Å². The van der Waals surface area contributed by atoms with Crippen LogP contribution in [0.25, 0.3) is 0 Å². The number of piperazine rings is 1. The molecule has 2 saturated heterocycles. The first kappa shape index (κ1) is 17.8. The number of nitrogens with zero attached hydrogens (tertiary/aromatic N) is 4. The maximum absolute atomic E-state index is 12.8. The summed E-state index contributed by atoms with van der Waals surface area (Å²) in [7, 11) is 0. The zero-order valence-electron chi connectivity index (χ0n) is 14.5. The van der Waals surface area contributed by atoms with E-state index in [0.29, 0.717) is 24.9 Å². The topological polar surface area (TPSA) is 64.5 Å². The zero-order chi connectivity index (χ0) is 19.0. The molecule has 144 valence electrons. The van der Waals surface area contributed by atoms with Crippen molar-refractivity contribution in [3.8, 4) is 5.75 Å². The number of alkyl halides is 3. The fourth-order valence-electron chi connectivity index (χ4n) is 3.88. The van der Waals surface area contributed by atoms with Crippen molar-refractivity contribution in [1.29, 1.82) is 0 Å². The molecule has 2 aromatic rings. The summed E-state index contributed by atoms with van der Waals surface area (Å²) in [6.07, 6.45) is -1.01. The van der Waals surface area contributed by atoms with E-state index in [9.17, 15) is 18.3 Å². The van der Waals surface area contributed by atoms with Crippen LogP contribution in [0.3, 0.4) is 0 Å².